The first-order valence-corrected chi connectivity index (χ1v) is 5.12. The lowest BCUT2D eigenvalue weighted by Crippen LogP contribution is -1.78. The quantitative estimate of drug-likeness (QED) is 0.503. The first-order chi connectivity index (χ1) is 5.84. The monoisotopic (exact) mass is 178 g/mol. The zero-order chi connectivity index (χ0) is 8.81. The summed E-state index contributed by atoms with van der Waals surface area (Å²) in [5.74, 6) is 1.07. The van der Waals surface area contributed by atoms with E-state index in [9.17, 15) is 0 Å². The molecule has 0 unspecified atom stereocenters. The summed E-state index contributed by atoms with van der Waals surface area (Å²) in [6.07, 6.45) is 4.27. The fourth-order valence-electron chi connectivity index (χ4n) is 0.952. The van der Waals surface area contributed by atoms with E-state index >= 15 is 0 Å². The van der Waals surface area contributed by atoms with Crippen LogP contribution in [0.15, 0.2) is 41.3 Å². The van der Waals surface area contributed by atoms with E-state index in [1.807, 2.05) is 11.8 Å². The fourth-order valence-corrected chi connectivity index (χ4v) is 1.89. The van der Waals surface area contributed by atoms with Gasteiger partial charge in [-0.05, 0) is 25.5 Å². The molecule has 0 atom stereocenters. The number of hydrogen-bond acceptors (Lipinski definition) is 1. The van der Waals surface area contributed by atoms with E-state index in [-0.39, 0.29) is 0 Å². The second-order valence-electron chi connectivity index (χ2n) is 2.65. The van der Waals surface area contributed by atoms with Crippen LogP contribution in [0.25, 0.3) is 0 Å². The lowest BCUT2D eigenvalue weighted by atomic mass is 10.2. The van der Waals surface area contributed by atoms with Crippen molar-refractivity contribution in [1.82, 2.24) is 0 Å². The summed E-state index contributed by atoms with van der Waals surface area (Å²) in [6, 6.07) is 8.49. The third-order valence-corrected chi connectivity index (χ3v) is 2.79. The summed E-state index contributed by atoms with van der Waals surface area (Å²) in [5, 5.41) is 0. The Bertz CT molecular complexity index is 263. The molecule has 0 radical (unpaired) electrons. The Labute approximate surface area is 78.7 Å². The van der Waals surface area contributed by atoms with Crippen molar-refractivity contribution in [2.45, 2.75) is 18.7 Å². The minimum atomic E-state index is 1.07. The molecule has 0 aliphatic carbocycles. The van der Waals surface area contributed by atoms with Crippen LogP contribution < -0.4 is 0 Å². The highest BCUT2D eigenvalue weighted by atomic mass is 32.2. The Morgan fingerprint density at radius 3 is 2.75 bits per heavy atom. The highest BCUT2D eigenvalue weighted by Gasteiger charge is 1.94. The summed E-state index contributed by atoms with van der Waals surface area (Å²) >= 11 is 1.88. The maximum Gasteiger partial charge on any atom is 0.0160 e. The van der Waals surface area contributed by atoms with Gasteiger partial charge in [-0.1, -0.05) is 30.4 Å². The van der Waals surface area contributed by atoms with E-state index in [0.29, 0.717) is 0 Å². The normalized spacial score (nSPS) is 10.8. The predicted octanol–water partition coefficient (Wildman–Crippen LogP) is 3.66. The van der Waals surface area contributed by atoms with E-state index < -0.39 is 0 Å². The van der Waals surface area contributed by atoms with Gasteiger partial charge < -0.3 is 0 Å². The van der Waals surface area contributed by atoms with Crippen molar-refractivity contribution in [3.63, 3.8) is 0 Å². The smallest absolute Gasteiger partial charge is 0.0160 e. The van der Waals surface area contributed by atoms with Crippen molar-refractivity contribution in [2.24, 2.45) is 0 Å². The van der Waals surface area contributed by atoms with Gasteiger partial charge in [0.05, 0.1) is 0 Å². The summed E-state index contributed by atoms with van der Waals surface area (Å²) in [7, 11) is 0. The van der Waals surface area contributed by atoms with Crippen molar-refractivity contribution in [3.8, 4) is 0 Å². The van der Waals surface area contributed by atoms with Gasteiger partial charge in [-0.2, -0.15) is 0 Å². The molecule has 1 rings (SSSR count). The van der Waals surface area contributed by atoms with Crippen LogP contribution in [-0.4, -0.2) is 5.75 Å². The van der Waals surface area contributed by atoms with Gasteiger partial charge in [-0.3, -0.25) is 0 Å². The van der Waals surface area contributed by atoms with Gasteiger partial charge in [0.1, 0.15) is 0 Å². The number of rotatable bonds is 3. The van der Waals surface area contributed by atoms with Crippen LogP contribution in [0.2, 0.25) is 0 Å². The number of benzene rings is 1. The maximum atomic E-state index is 2.18. The topological polar surface area (TPSA) is 0 Å². The molecule has 64 valence electrons. The second kappa shape index (κ2) is 5.04. The van der Waals surface area contributed by atoms with E-state index in [4.69, 9.17) is 0 Å². The first-order valence-electron chi connectivity index (χ1n) is 4.14. The average molecular weight is 178 g/mol. The van der Waals surface area contributed by atoms with Crippen LogP contribution in [0.3, 0.4) is 0 Å². The van der Waals surface area contributed by atoms with Crippen LogP contribution in [0.5, 0.6) is 0 Å². The maximum absolute atomic E-state index is 2.18. The third kappa shape index (κ3) is 2.74. The number of hydrogen-bond donors (Lipinski definition) is 0. The SMILES string of the molecule is C/C=C/CSc1ccccc1C. The van der Waals surface area contributed by atoms with Gasteiger partial charge >= 0.3 is 0 Å². The highest BCUT2D eigenvalue weighted by Crippen LogP contribution is 2.21. The number of thioether (sulfide) groups is 1. The summed E-state index contributed by atoms with van der Waals surface area (Å²) in [6.45, 7) is 4.20. The van der Waals surface area contributed by atoms with Gasteiger partial charge in [-0.15, -0.1) is 11.8 Å². The Kier molecular flexibility index (Phi) is 3.95. The molecule has 0 spiro atoms. The predicted molar refractivity (Wildman–Crippen MR) is 56.7 cm³/mol. The van der Waals surface area contributed by atoms with E-state index in [2.05, 4.69) is 50.3 Å². The molecule has 0 nitrogen and oxygen atoms in total. The van der Waals surface area contributed by atoms with Gasteiger partial charge in [0.15, 0.2) is 0 Å². The lowest BCUT2D eigenvalue weighted by Gasteiger charge is -2.01. The second-order valence-corrected chi connectivity index (χ2v) is 3.71. The van der Waals surface area contributed by atoms with Gasteiger partial charge in [-0.25, -0.2) is 0 Å². The lowest BCUT2D eigenvalue weighted by molar-refractivity contribution is 1.30. The largest absolute Gasteiger partial charge is 0.122 e. The Morgan fingerprint density at radius 1 is 1.33 bits per heavy atom. The van der Waals surface area contributed by atoms with Crippen molar-refractivity contribution in [3.05, 3.63) is 42.0 Å². The summed E-state index contributed by atoms with van der Waals surface area (Å²) in [4.78, 5) is 1.38. The molecule has 1 aromatic carbocycles. The Balaban J connectivity index is 2.57. The molecule has 0 saturated heterocycles. The third-order valence-electron chi connectivity index (χ3n) is 1.66. The van der Waals surface area contributed by atoms with E-state index in [1.165, 1.54) is 10.5 Å². The van der Waals surface area contributed by atoms with Crippen LogP contribution in [0.4, 0.5) is 0 Å². The number of aryl methyl sites for hydroxylation is 1. The van der Waals surface area contributed by atoms with Gasteiger partial charge in [0, 0.05) is 10.6 Å². The molecule has 0 heterocycles. The average Bonchev–Trinajstić information content (AvgIpc) is 2.09. The standard InChI is InChI=1S/C11H14S/c1-3-4-9-12-11-8-6-5-7-10(11)2/h3-8H,9H2,1-2H3/b4-3+. The molecular weight excluding hydrogens is 164 g/mol. The van der Waals surface area contributed by atoms with E-state index in [1.54, 1.807) is 0 Å². The van der Waals surface area contributed by atoms with E-state index in [0.717, 1.165) is 5.75 Å². The summed E-state index contributed by atoms with van der Waals surface area (Å²) < 4.78 is 0. The Hall–Kier alpha value is -0.690. The van der Waals surface area contributed by atoms with Crippen LogP contribution in [0, 0.1) is 6.92 Å². The van der Waals surface area contributed by atoms with Crippen molar-refractivity contribution < 1.29 is 0 Å². The molecule has 0 aromatic heterocycles. The fraction of sp³-hybridized carbons (Fsp3) is 0.273. The molecule has 0 saturated carbocycles. The minimum absolute atomic E-state index is 1.07. The molecule has 0 fully saturated rings. The number of allylic oxidation sites excluding steroid dienone is 1. The zero-order valence-electron chi connectivity index (χ0n) is 7.58. The molecule has 0 aliphatic rings. The Morgan fingerprint density at radius 2 is 2.08 bits per heavy atom. The van der Waals surface area contributed by atoms with Crippen molar-refractivity contribution in [1.29, 1.82) is 0 Å². The molecule has 0 amide bonds. The van der Waals surface area contributed by atoms with Crippen molar-refractivity contribution in [2.75, 3.05) is 5.75 Å². The molecular formula is C11H14S. The minimum Gasteiger partial charge on any atom is -0.122 e. The molecule has 0 N–H and O–H groups in total. The van der Waals surface area contributed by atoms with Crippen LogP contribution in [-0.2, 0) is 0 Å². The van der Waals surface area contributed by atoms with Crippen molar-refractivity contribution >= 4 is 11.8 Å². The molecule has 1 aromatic rings. The van der Waals surface area contributed by atoms with Gasteiger partial charge in [0.2, 0.25) is 0 Å². The zero-order valence-corrected chi connectivity index (χ0v) is 8.40. The molecule has 12 heavy (non-hydrogen) atoms. The molecule has 0 aliphatic heterocycles. The first kappa shape index (κ1) is 9.40. The van der Waals surface area contributed by atoms with Gasteiger partial charge in [0.25, 0.3) is 0 Å². The highest BCUT2D eigenvalue weighted by molar-refractivity contribution is 7.99. The summed E-state index contributed by atoms with van der Waals surface area (Å²) in [5.41, 5.74) is 1.37. The molecule has 0 bridgehead atoms. The van der Waals surface area contributed by atoms with Crippen LogP contribution in [0.1, 0.15) is 12.5 Å². The van der Waals surface area contributed by atoms with Crippen LogP contribution >= 0.6 is 11.8 Å². The molecule has 1 heteroatoms.